The van der Waals surface area contributed by atoms with Crippen LogP contribution >= 0.6 is 0 Å². The molecule has 1 heterocycles. The van der Waals surface area contributed by atoms with Crippen molar-refractivity contribution in [2.75, 3.05) is 0 Å². The number of aromatic nitrogens is 2. The molecule has 1 aromatic rings. The second kappa shape index (κ2) is 4.26. The molecule has 0 spiro atoms. The lowest BCUT2D eigenvalue weighted by Gasteiger charge is -2.25. The summed E-state index contributed by atoms with van der Waals surface area (Å²) < 4.78 is 1.97. The average Bonchev–Trinajstić information content (AvgIpc) is 2.85. The number of hydrogen-bond donors (Lipinski definition) is 1. The Morgan fingerprint density at radius 2 is 2.44 bits per heavy atom. The van der Waals surface area contributed by atoms with Crippen molar-refractivity contribution in [2.24, 2.45) is 0 Å². The smallest absolute Gasteiger partial charge is 0.109 e. The lowest BCUT2D eigenvalue weighted by Crippen LogP contribution is -2.45. The standard InChI is InChI=1S/C12H18N4/c1-10(2)15-12(9-13)5-4-11(8-12)16-7-3-6-14-16/h3,6-7,10-11,15H,4-5,8H2,1-2H3. The van der Waals surface area contributed by atoms with E-state index in [9.17, 15) is 5.26 Å². The van der Waals surface area contributed by atoms with Crippen LogP contribution in [0, 0.1) is 11.3 Å². The fraction of sp³-hybridized carbons (Fsp3) is 0.667. The van der Waals surface area contributed by atoms with Gasteiger partial charge < -0.3 is 0 Å². The van der Waals surface area contributed by atoms with Gasteiger partial charge in [-0.1, -0.05) is 0 Å². The van der Waals surface area contributed by atoms with Crippen LogP contribution in [0.25, 0.3) is 0 Å². The van der Waals surface area contributed by atoms with E-state index in [0.717, 1.165) is 19.3 Å². The highest BCUT2D eigenvalue weighted by Gasteiger charge is 2.40. The molecule has 4 heteroatoms. The van der Waals surface area contributed by atoms with Crippen molar-refractivity contribution in [3.05, 3.63) is 18.5 Å². The van der Waals surface area contributed by atoms with Crippen LogP contribution in [0.4, 0.5) is 0 Å². The summed E-state index contributed by atoms with van der Waals surface area (Å²) in [5.41, 5.74) is -0.356. The third-order valence-corrected chi connectivity index (χ3v) is 3.17. The normalized spacial score (nSPS) is 29.5. The van der Waals surface area contributed by atoms with E-state index in [1.54, 1.807) is 6.20 Å². The molecule has 2 atom stereocenters. The molecule has 0 saturated heterocycles. The lowest BCUT2D eigenvalue weighted by molar-refractivity contribution is 0.361. The minimum absolute atomic E-state index is 0.344. The lowest BCUT2D eigenvalue weighted by atomic mass is 9.98. The van der Waals surface area contributed by atoms with Gasteiger partial charge >= 0.3 is 0 Å². The quantitative estimate of drug-likeness (QED) is 0.842. The molecule has 1 aromatic heterocycles. The number of nitrogens with zero attached hydrogens (tertiary/aromatic N) is 3. The van der Waals surface area contributed by atoms with Crippen LogP contribution in [0.2, 0.25) is 0 Å². The molecular weight excluding hydrogens is 200 g/mol. The van der Waals surface area contributed by atoms with Crippen molar-refractivity contribution in [1.29, 1.82) is 5.26 Å². The first-order valence-corrected chi connectivity index (χ1v) is 5.83. The van der Waals surface area contributed by atoms with Crippen molar-refractivity contribution in [3.8, 4) is 6.07 Å². The molecule has 0 aliphatic heterocycles. The molecule has 1 saturated carbocycles. The maximum absolute atomic E-state index is 9.34. The fourth-order valence-corrected chi connectivity index (χ4v) is 2.56. The third-order valence-electron chi connectivity index (χ3n) is 3.17. The largest absolute Gasteiger partial charge is 0.297 e. The first-order valence-electron chi connectivity index (χ1n) is 5.83. The van der Waals surface area contributed by atoms with Gasteiger partial charge in [0.25, 0.3) is 0 Å². The van der Waals surface area contributed by atoms with E-state index in [-0.39, 0.29) is 5.54 Å². The van der Waals surface area contributed by atoms with Crippen molar-refractivity contribution in [1.82, 2.24) is 15.1 Å². The molecule has 1 fully saturated rings. The Kier molecular flexibility index (Phi) is 2.97. The summed E-state index contributed by atoms with van der Waals surface area (Å²) in [4.78, 5) is 0. The summed E-state index contributed by atoms with van der Waals surface area (Å²) in [6.07, 6.45) is 6.56. The maximum atomic E-state index is 9.34. The maximum Gasteiger partial charge on any atom is 0.109 e. The summed E-state index contributed by atoms with van der Waals surface area (Å²) in [5.74, 6) is 0. The minimum atomic E-state index is -0.356. The Bertz CT molecular complexity index is 376. The zero-order valence-electron chi connectivity index (χ0n) is 9.85. The molecule has 1 N–H and O–H groups in total. The molecule has 0 bridgehead atoms. The van der Waals surface area contributed by atoms with Gasteiger partial charge in [-0.15, -0.1) is 0 Å². The van der Waals surface area contributed by atoms with E-state index in [2.05, 4.69) is 30.3 Å². The topological polar surface area (TPSA) is 53.6 Å². The van der Waals surface area contributed by atoms with Crippen molar-refractivity contribution in [2.45, 2.75) is 50.7 Å². The van der Waals surface area contributed by atoms with E-state index in [1.807, 2.05) is 16.9 Å². The van der Waals surface area contributed by atoms with Crippen LogP contribution in [-0.4, -0.2) is 21.4 Å². The fourth-order valence-electron chi connectivity index (χ4n) is 2.56. The van der Waals surface area contributed by atoms with Gasteiger partial charge in [-0.05, 0) is 32.8 Å². The predicted molar refractivity (Wildman–Crippen MR) is 61.7 cm³/mol. The van der Waals surface area contributed by atoms with E-state index in [1.165, 1.54) is 0 Å². The van der Waals surface area contributed by atoms with Crippen LogP contribution in [0.15, 0.2) is 18.5 Å². The van der Waals surface area contributed by atoms with Crippen LogP contribution in [0.3, 0.4) is 0 Å². The van der Waals surface area contributed by atoms with Crippen molar-refractivity contribution >= 4 is 0 Å². The molecule has 1 aliphatic carbocycles. The van der Waals surface area contributed by atoms with Gasteiger partial charge in [0.15, 0.2) is 0 Å². The van der Waals surface area contributed by atoms with Gasteiger partial charge in [-0.25, -0.2) is 0 Å². The highest BCUT2D eigenvalue weighted by molar-refractivity contribution is 5.13. The Labute approximate surface area is 96.3 Å². The van der Waals surface area contributed by atoms with E-state index in [0.29, 0.717) is 12.1 Å². The molecule has 1 aliphatic rings. The molecule has 86 valence electrons. The third kappa shape index (κ3) is 2.10. The van der Waals surface area contributed by atoms with E-state index < -0.39 is 0 Å². The van der Waals surface area contributed by atoms with Crippen molar-refractivity contribution in [3.63, 3.8) is 0 Å². The Morgan fingerprint density at radius 3 is 3.00 bits per heavy atom. The van der Waals surface area contributed by atoms with Gasteiger partial charge in [-0.2, -0.15) is 10.4 Å². The van der Waals surface area contributed by atoms with E-state index >= 15 is 0 Å². The monoisotopic (exact) mass is 218 g/mol. The summed E-state index contributed by atoms with van der Waals surface area (Å²) in [7, 11) is 0. The Morgan fingerprint density at radius 1 is 1.62 bits per heavy atom. The first-order chi connectivity index (χ1) is 7.65. The van der Waals surface area contributed by atoms with Gasteiger partial charge in [0.1, 0.15) is 5.54 Å². The van der Waals surface area contributed by atoms with Crippen LogP contribution < -0.4 is 5.32 Å². The number of nitriles is 1. The zero-order valence-corrected chi connectivity index (χ0v) is 9.85. The minimum Gasteiger partial charge on any atom is -0.297 e. The predicted octanol–water partition coefficient (Wildman–Crippen LogP) is 1.87. The van der Waals surface area contributed by atoms with Crippen LogP contribution in [-0.2, 0) is 0 Å². The first kappa shape index (κ1) is 11.2. The Balaban J connectivity index is 2.08. The highest BCUT2D eigenvalue weighted by Crippen LogP contribution is 2.37. The molecule has 2 unspecified atom stereocenters. The summed E-state index contributed by atoms with van der Waals surface area (Å²) in [5, 5.41) is 17.0. The molecule has 0 radical (unpaired) electrons. The van der Waals surface area contributed by atoms with Gasteiger partial charge in [0.05, 0.1) is 12.1 Å². The number of nitrogens with one attached hydrogen (secondary N) is 1. The number of hydrogen-bond acceptors (Lipinski definition) is 3. The van der Waals surface area contributed by atoms with E-state index in [4.69, 9.17) is 0 Å². The van der Waals surface area contributed by atoms with Gasteiger partial charge in [0.2, 0.25) is 0 Å². The molecule has 4 nitrogen and oxygen atoms in total. The molecular formula is C12H18N4. The van der Waals surface area contributed by atoms with Gasteiger partial charge in [-0.3, -0.25) is 10.00 Å². The second-order valence-electron chi connectivity index (χ2n) is 4.88. The summed E-state index contributed by atoms with van der Waals surface area (Å²) in [6, 6.07) is 5.09. The summed E-state index contributed by atoms with van der Waals surface area (Å²) >= 11 is 0. The zero-order chi connectivity index (χ0) is 11.6. The molecule has 16 heavy (non-hydrogen) atoms. The van der Waals surface area contributed by atoms with Crippen molar-refractivity contribution < 1.29 is 0 Å². The average molecular weight is 218 g/mol. The van der Waals surface area contributed by atoms with Crippen LogP contribution in [0.1, 0.15) is 39.2 Å². The highest BCUT2D eigenvalue weighted by atomic mass is 15.3. The SMILES string of the molecule is CC(C)NC1(C#N)CCC(n2cccn2)C1. The van der Waals surface area contributed by atoms with Gasteiger partial charge in [0, 0.05) is 24.9 Å². The molecule has 2 rings (SSSR count). The van der Waals surface area contributed by atoms with Crippen LogP contribution in [0.5, 0.6) is 0 Å². The Hall–Kier alpha value is -1.34. The molecule has 0 amide bonds. The second-order valence-corrected chi connectivity index (χ2v) is 4.88. The molecule has 0 aromatic carbocycles. The summed E-state index contributed by atoms with van der Waals surface area (Å²) in [6.45, 7) is 4.17. The number of rotatable bonds is 3.